The first kappa shape index (κ1) is 13.5. The number of hydrogen-bond donors (Lipinski definition) is 2. The SMILES string of the molecule is CC1CC(CN)(NCC(C2CC2)C2CC2)CN1C1CC1. The number of likely N-dealkylation sites (tertiary alicyclic amines) is 1. The average molecular weight is 277 g/mol. The number of rotatable bonds is 7. The molecule has 114 valence electrons. The number of nitrogens with two attached hydrogens (primary N) is 1. The molecule has 0 bridgehead atoms. The quantitative estimate of drug-likeness (QED) is 0.747. The molecule has 0 aromatic carbocycles. The topological polar surface area (TPSA) is 41.3 Å². The Morgan fingerprint density at radius 2 is 1.80 bits per heavy atom. The molecule has 0 aromatic rings. The third-order valence-corrected chi connectivity index (χ3v) is 6.31. The van der Waals surface area contributed by atoms with Gasteiger partial charge >= 0.3 is 0 Å². The molecule has 3 saturated carbocycles. The Balaban J connectivity index is 1.37. The fourth-order valence-corrected chi connectivity index (χ4v) is 4.60. The van der Waals surface area contributed by atoms with Crippen molar-refractivity contribution in [2.24, 2.45) is 23.5 Å². The van der Waals surface area contributed by atoms with Crippen LogP contribution in [-0.4, -0.2) is 42.2 Å². The molecule has 4 rings (SSSR count). The molecule has 1 aliphatic heterocycles. The first-order chi connectivity index (χ1) is 9.71. The molecule has 2 atom stereocenters. The van der Waals surface area contributed by atoms with Gasteiger partial charge < -0.3 is 11.1 Å². The summed E-state index contributed by atoms with van der Waals surface area (Å²) < 4.78 is 0. The van der Waals surface area contributed by atoms with E-state index in [9.17, 15) is 0 Å². The average Bonchev–Trinajstić information content (AvgIpc) is 3.26. The van der Waals surface area contributed by atoms with Crippen LogP contribution >= 0.6 is 0 Å². The summed E-state index contributed by atoms with van der Waals surface area (Å²) in [6.45, 7) is 5.63. The summed E-state index contributed by atoms with van der Waals surface area (Å²) in [5.41, 5.74) is 6.41. The Labute approximate surface area is 123 Å². The van der Waals surface area contributed by atoms with Gasteiger partial charge in [-0.15, -0.1) is 0 Å². The molecular formula is C17H31N3. The maximum absolute atomic E-state index is 6.19. The van der Waals surface area contributed by atoms with Gasteiger partial charge in [-0.25, -0.2) is 0 Å². The van der Waals surface area contributed by atoms with Crippen LogP contribution in [0.25, 0.3) is 0 Å². The van der Waals surface area contributed by atoms with Crippen LogP contribution in [0.3, 0.4) is 0 Å². The van der Waals surface area contributed by atoms with Gasteiger partial charge in [0.15, 0.2) is 0 Å². The van der Waals surface area contributed by atoms with Crippen LogP contribution in [-0.2, 0) is 0 Å². The summed E-state index contributed by atoms with van der Waals surface area (Å²) in [6, 6.07) is 1.60. The van der Waals surface area contributed by atoms with Gasteiger partial charge in [-0.2, -0.15) is 0 Å². The van der Waals surface area contributed by atoms with Crippen molar-refractivity contribution < 1.29 is 0 Å². The first-order valence-electron chi connectivity index (χ1n) is 8.92. The minimum Gasteiger partial charge on any atom is -0.329 e. The van der Waals surface area contributed by atoms with Gasteiger partial charge in [-0.05, 0) is 76.2 Å². The standard InChI is InChI=1S/C17H31N3/c1-12-8-17(10-18,11-20(12)15-6-7-15)19-9-16(13-2-3-13)14-4-5-14/h12-16,19H,2-11,18H2,1H3. The largest absolute Gasteiger partial charge is 0.329 e. The van der Waals surface area contributed by atoms with E-state index in [1.807, 2.05) is 0 Å². The Morgan fingerprint density at radius 3 is 2.30 bits per heavy atom. The van der Waals surface area contributed by atoms with Crippen LogP contribution in [0.1, 0.15) is 51.9 Å². The molecule has 20 heavy (non-hydrogen) atoms. The molecule has 3 N–H and O–H groups in total. The lowest BCUT2D eigenvalue weighted by Crippen LogP contribution is -2.54. The summed E-state index contributed by atoms with van der Waals surface area (Å²) in [4.78, 5) is 2.73. The summed E-state index contributed by atoms with van der Waals surface area (Å²) in [6.07, 6.45) is 10.0. The fraction of sp³-hybridized carbons (Fsp3) is 1.00. The number of nitrogens with zero attached hydrogens (tertiary/aromatic N) is 1. The zero-order valence-corrected chi connectivity index (χ0v) is 13.0. The molecule has 2 unspecified atom stereocenters. The van der Waals surface area contributed by atoms with Gasteiger partial charge in [0.05, 0.1) is 0 Å². The van der Waals surface area contributed by atoms with E-state index >= 15 is 0 Å². The lowest BCUT2D eigenvalue weighted by Gasteiger charge is -2.32. The molecule has 4 fully saturated rings. The van der Waals surface area contributed by atoms with Gasteiger partial charge in [0.2, 0.25) is 0 Å². The van der Waals surface area contributed by atoms with Crippen molar-refractivity contribution in [3.63, 3.8) is 0 Å². The van der Waals surface area contributed by atoms with Gasteiger partial charge in [0.25, 0.3) is 0 Å². The van der Waals surface area contributed by atoms with Crippen molar-refractivity contribution in [3.8, 4) is 0 Å². The van der Waals surface area contributed by atoms with Crippen molar-refractivity contribution in [3.05, 3.63) is 0 Å². The summed E-state index contributed by atoms with van der Waals surface area (Å²) >= 11 is 0. The molecule has 0 aromatic heterocycles. The summed E-state index contributed by atoms with van der Waals surface area (Å²) in [5.74, 6) is 3.05. The Hall–Kier alpha value is -0.120. The van der Waals surface area contributed by atoms with E-state index in [0.717, 1.165) is 36.4 Å². The van der Waals surface area contributed by atoms with Gasteiger partial charge in [-0.3, -0.25) is 4.90 Å². The Morgan fingerprint density at radius 1 is 1.15 bits per heavy atom. The lowest BCUT2D eigenvalue weighted by atomic mass is 9.92. The van der Waals surface area contributed by atoms with Crippen molar-refractivity contribution in [1.29, 1.82) is 0 Å². The lowest BCUT2D eigenvalue weighted by molar-refractivity contribution is 0.234. The minimum absolute atomic E-state index is 0.212. The molecule has 4 aliphatic rings. The van der Waals surface area contributed by atoms with Crippen molar-refractivity contribution in [2.45, 2.75) is 69.5 Å². The first-order valence-corrected chi connectivity index (χ1v) is 8.92. The highest BCUT2D eigenvalue weighted by molar-refractivity contribution is 5.06. The molecule has 3 aliphatic carbocycles. The molecule has 0 spiro atoms. The molecular weight excluding hydrogens is 246 g/mol. The van der Waals surface area contributed by atoms with E-state index in [0.29, 0.717) is 0 Å². The smallest absolute Gasteiger partial charge is 0.0447 e. The summed E-state index contributed by atoms with van der Waals surface area (Å²) in [7, 11) is 0. The van der Waals surface area contributed by atoms with E-state index in [1.54, 1.807) is 0 Å². The van der Waals surface area contributed by atoms with Crippen LogP contribution in [0.2, 0.25) is 0 Å². The second-order valence-electron chi connectivity index (χ2n) is 8.16. The second-order valence-corrected chi connectivity index (χ2v) is 8.16. The zero-order chi connectivity index (χ0) is 13.7. The van der Waals surface area contributed by atoms with Gasteiger partial charge in [0, 0.05) is 30.7 Å². The molecule has 0 radical (unpaired) electrons. The van der Waals surface area contributed by atoms with Crippen LogP contribution in [0.4, 0.5) is 0 Å². The van der Waals surface area contributed by atoms with Crippen LogP contribution in [0.15, 0.2) is 0 Å². The van der Waals surface area contributed by atoms with Gasteiger partial charge in [-0.1, -0.05) is 0 Å². The fourth-order valence-electron chi connectivity index (χ4n) is 4.60. The molecule has 1 heterocycles. The normalized spacial score (nSPS) is 38.9. The number of hydrogen-bond acceptors (Lipinski definition) is 3. The third-order valence-electron chi connectivity index (χ3n) is 6.31. The Bertz CT molecular complexity index is 347. The monoisotopic (exact) mass is 277 g/mol. The third kappa shape index (κ3) is 2.65. The second kappa shape index (κ2) is 4.96. The predicted octanol–water partition coefficient (Wildman–Crippen LogP) is 1.97. The zero-order valence-electron chi connectivity index (χ0n) is 13.0. The van der Waals surface area contributed by atoms with E-state index in [1.165, 1.54) is 58.0 Å². The molecule has 1 saturated heterocycles. The maximum atomic E-state index is 6.19. The van der Waals surface area contributed by atoms with Crippen molar-refractivity contribution >= 4 is 0 Å². The van der Waals surface area contributed by atoms with E-state index in [4.69, 9.17) is 5.73 Å². The Kier molecular flexibility index (Phi) is 3.36. The van der Waals surface area contributed by atoms with Crippen molar-refractivity contribution in [1.82, 2.24) is 10.2 Å². The molecule has 3 heteroatoms. The van der Waals surface area contributed by atoms with Crippen LogP contribution < -0.4 is 11.1 Å². The van der Waals surface area contributed by atoms with Gasteiger partial charge in [0.1, 0.15) is 0 Å². The predicted molar refractivity (Wildman–Crippen MR) is 82.5 cm³/mol. The molecule has 0 amide bonds. The highest BCUT2D eigenvalue weighted by Crippen LogP contribution is 2.49. The number of nitrogens with one attached hydrogen (secondary N) is 1. The summed E-state index contributed by atoms with van der Waals surface area (Å²) in [5, 5.41) is 3.96. The van der Waals surface area contributed by atoms with E-state index in [-0.39, 0.29) is 5.54 Å². The molecule has 3 nitrogen and oxygen atoms in total. The maximum Gasteiger partial charge on any atom is 0.0447 e. The van der Waals surface area contributed by atoms with E-state index < -0.39 is 0 Å². The van der Waals surface area contributed by atoms with Crippen LogP contribution in [0.5, 0.6) is 0 Å². The van der Waals surface area contributed by atoms with E-state index in [2.05, 4.69) is 17.1 Å². The van der Waals surface area contributed by atoms with Crippen LogP contribution in [0, 0.1) is 17.8 Å². The highest BCUT2D eigenvalue weighted by atomic mass is 15.3. The van der Waals surface area contributed by atoms with Crippen molar-refractivity contribution in [2.75, 3.05) is 19.6 Å². The minimum atomic E-state index is 0.212. The highest BCUT2D eigenvalue weighted by Gasteiger charge is 2.48.